The van der Waals surface area contributed by atoms with E-state index in [1.807, 2.05) is 19.9 Å². The van der Waals surface area contributed by atoms with E-state index in [2.05, 4.69) is 15.5 Å². The number of halogens is 2. The molecular weight excluding hydrogens is 393 g/mol. The zero-order chi connectivity index (χ0) is 18.8. The predicted molar refractivity (Wildman–Crippen MR) is 105 cm³/mol. The van der Waals surface area contributed by atoms with Crippen LogP contribution in [0, 0.1) is 6.92 Å². The van der Waals surface area contributed by atoms with Gasteiger partial charge in [-0.2, -0.15) is 0 Å². The molecular formula is C18H17Cl2N3O2S. The summed E-state index contributed by atoms with van der Waals surface area (Å²) < 4.78 is 5.27. The van der Waals surface area contributed by atoms with Gasteiger partial charge in [0.2, 0.25) is 0 Å². The van der Waals surface area contributed by atoms with Crippen LogP contribution in [-0.2, 0) is 6.42 Å². The summed E-state index contributed by atoms with van der Waals surface area (Å²) in [6, 6.07) is 5.40. The first-order chi connectivity index (χ1) is 12.3. The van der Waals surface area contributed by atoms with Gasteiger partial charge in [-0.05, 0) is 24.6 Å². The van der Waals surface area contributed by atoms with Crippen LogP contribution in [0.4, 0.5) is 5.13 Å². The molecule has 5 nitrogen and oxygen atoms in total. The summed E-state index contributed by atoms with van der Waals surface area (Å²) in [4.78, 5) is 17.9. The van der Waals surface area contributed by atoms with Crippen molar-refractivity contribution in [1.29, 1.82) is 0 Å². The number of carbonyl (C=O) groups is 1. The first-order valence-corrected chi connectivity index (χ1v) is 9.58. The molecule has 0 aliphatic heterocycles. The summed E-state index contributed by atoms with van der Waals surface area (Å²) in [5, 5.41) is 8.45. The Morgan fingerprint density at radius 3 is 2.81 bits per heavy atom. The quantitative estimate of drug-likeness (QED) is 0.585. The summed E-state index contributed by atoms with van der Waals surface area (Å²) in [5.41, 5.74) is 1.99. The Morgan fingerprint density at radius 1 is 1.35 bits per heavy atom. The van der Waals surface area contributed by atoms with Gasteiger partial charge in [0.15, 0.2) is 10.9 Å². The van der Waals surface area contributed by atoms with Crippen molar-refractivity contribution < 1.29 is 9.32 Å². The van der Waals surface area contributed by atoms with Crippen LogP contribution in [0.5, 0.6) is 0 Å². The number of rotatable bonds is 5. The molecule has 2 aromatic heterocycles. The fourth-order valence-electron chi connectivity index (χ4n) is 2.52. The number of anilines is 1. The summed E-state index contributed by atoms with van der Waals surface area (Å²) in [5.74, 6) is 0.374. The molecule has 0 aliphatic rings. The molecule has 0 radical (unpaired) electrons. The van der Waals surface area contributed by atoms with Gasteiger partial charge in [-0.3, -0.25) is 10.1 Å². The number of thiazole rings is 1. The second kappa shape index (κ2) is 7.78. The van der Waals surface area contributed by atoms with E-state index in [0.717, 1.165) is 10.4 Å². The van der Waals surface area contributed by atoms with Crippen LogP contribution in [0.15, 0.2) is 28.9 Å². The molecule has 8 heteroatoms. The van der Waals surface area contributed by atoms with Gasteiger partial charge in [0.25, 0.3) is 5.91 Å². The van der Waals surface area contributed by atoms with E-state index in [9.17, 15) is 4.79 Å². The van der Waals surface area contributed by atoms with Crippen LogP contribution in [0.25, 0.3) is 0 Å². The summed E-state index contributed by atoms with van der Waals surface area (Å²) in [6.45, 7) is 5.66. The average Bonchev–Trinajstić information content (AvgIpc) is 3.16. The summed E-state index contributed by atoms with van der Waals surface area (Å²) in [6.07, 6.45) is 2.35. The van der Waals surface area contributed by atoms with Crippen molar-refractivity contribution in [2.75, 3.05) is 5.32 Å². The van der Waals surface area contributed by atoms with Crippen molar-refractivity contribution in [1.82, 2.24) is 10.1 Å². The smallest absolute Gasteiger partial charge is 0.262 e. The molecule has 0 spiro atoms. The third-order valence-corrected chi connectivity index (χ3v) is 5.29. The number of hydrogen-bond acceptors (Lipinski definition) is 5. The van der Waals surface area contributed by atoms with E-state index in [1.165, 1.54) is 11.3 Å². The van der Waals surface area contributed by atoms with E-state index < -0.39 is 0 Å². The molecule has 0 unspecified atom stereocenters. The minimum absolute atomic E-state index is 0.0656. The summed E-state index contributed by atoms with van der Waals surface area (Å²) >= 11 is 13.5. The highest BCUT2D eigenvalue weighted by Gasteiger charge is 2.23. The van der Waals surface area contributed by atoms with E-state index in [1.54, 1.807) is 25.3 Å². The van der Waals surface area contributed by atoms with E-state index in [0.29, 0.717) is 38.6 Å². The number of aryl methyl sites for hydroxylation is 1. The molecule has 1 N–H and O–H groups in total. The molecule has 26 heavy (non-hydrogen) atoms. The highest BCUT2D eigenvalue weighted by molar-refractivity contribution is 7.15. The van der Waals surface area contributed by atoms with Crippen LogP contribution in [0.3, 0.4) is 0 Å². The fraction of sp³-hybridized carbons (Fsp3) is 0.278. The first-order valence-electron chi connectivity index (χ1n) is 8.01. The lowest BCUT2D eigenvalue weighted by atomic mass is 10.0. The Morgan fingerprint density at radius 2 is 2.12 bits per heavy atom. The lowest BCUT2D eigenvalue weighted by Crippen LogP contribution is -2.14. The van der Waals surface area contributed by atoms with Crippen molar-refractivity contribution in [2.45, 2.75) is 33.1 Å². The van der Waals surface area contributed by atoms with Crippen LogP contribution < -0.4 is 5.32 Å². The highest BCUT2D eigenvalue weighted by atomic mass is 35.5. The van der Waals surface area contributed by atoms with E-state index in [4.69, 9.17) is 27.7 Å². The van der Waals surface area contributed by atoms with E-state index >= 15 is 0 Å². The van der Waals surface area contributed by atoms with Crippen LogP contribution >= 0.6 is 34.5 Å². The van der Waals surface area contributed by atoms with Gasteiger partial charge < -0.3 is 4.52 Å². The third kappa shape index (κ3) is 4.09. The van der Waals surface area contributed by atoms with Crippen LogP contribution in [-0.4, -0.2) is 16.0 Å². The molecule has 0 atom stereocenters. The van der Waals surface area contributed by atoms with Crippen molar-refractivity contribution in [3.05, 3.63) is 61.9 Å². The van der Waals surface area contributed by atoms with Crippen molar-refractivity contribution in [3.63, 3.8) is 0 Å². The third-order valence-electron chi connectivity index (χ3n) is 3.79. The Balaban J connectivity index is 1.74. The zero-order valence-corrected chi connectivity index (χ0v) is 16.8. The lowest BCUT2D eigenvalue weighted by molar-refractivity contribution is 0.102. The molecule has 136 valence electrons. The maximum atomic E-state index is 12.6. The van der Waals surface area contributed by atoms with Crippen LogP contribution in [0.2, 0.25) is 10.0 Å². The molecule has 0 bridgehead atoms. The maximum absolute atomic E-state index is 12.6. The second-order valence-corrected chi connectivity index (χ2v) is 8.12. The number of benzene rings is 1. The predicted octanol–water partition coefficient (Wildman–Crippen LogP) is 5.71. The van der Waals surface area contributed by atoms with Gasteiger partial charge in [0, 0.05) is 33.5 Å². The minimum Gasteiger partial charge on any atom is -0.360 e. The standard InChI is InChI=1S/C18H17Cl2N3O2S/c1-9(2)16-15(10(3)23-25-16)17(24)22-18-21-8-13(26-18)6-11-4-5-12(19)7-14(11)20/h4-5,7-9H,6H2,1-3H3,(H,21,22,24). The SMILES string of the molecule is Cc1noc(C(C)C)c1C(=O)Nc1ncc(Cc2ccc(Cl)cc2Cl)s1. The molecule has 2 heterocycles. The summed E-state index contributed by atoms with van der Waals surface area (Å²) in [7, 11) is 0. The Hall–Kier alpha value is -1.89. The van der Waals surface area contributed by atoms with Crippen molar-refractivity contribution in [3.8, 4) is 0 Å². The number of hydrogen-bond donors (Lipinski definition) is 1. The largest absolute Gasteiger partial charge is 0.360 e. The Kier molecular flexibility index (Phi) is 5.65. The van der Waals surface area contributed by atoms with Gasteiger partial charge in [0.1, 0.15) is 5.56 Å². The normalized spacial score (nSPS) is 11.2. The molecule has 0 saturated heterocycles. The average molecular weight is 410 g/mol. The topological polar surface area (TPSA) is 68.0 Å². The second-order valence-electron chi connectivity index (χ2n) is 6.16. The van der Waals surface area contributed by atoms with Gasteiger partial charge in [0.05, 0.1) is 5.69 Å². The molecule has 3 rings (SSSR count). The monoisotopic (exact) mass is 409 g/mol. The molecule has 0 fully saturated rings. The lowest BCUT2D eigenvalue weighted by Gasteiger charge is -2.04. The van der Waals surface area contributed by atoms with Gasteiger partial charge in [-0.1, -0.05) is 48.3 Å². The fourth-order valence-corrected chi connectivity index (χ4v) is 3.82. The van der Waals surface area contributed by atoms with Crippen molar-refractivity contribution in [2.24, 2.45) is 0 Å². The number of carbonyl (C=O) groups excluding carboxylic acids is 1. The molecule has 1 amide bonds. The zero-order valence-electron chi connectivity index (χ0n) is 14.5. The number of aromatic nitrogens is 2. The van der Waals surface area contributed by atoms with E-state index in [-0.39, 0.29) is 11.8 Å². The molecule has 0 aliphatic carbocycles. The molecule has 3 aromatic rings. The minimum atomic E-state index is -0.266. The number of nitrogens with one attached hydrogen (secondary N) is 1. The molecule has 1 aromatic carbocycles. The first kappa shape index (κ1) is 18.9. The number of amides is 1. The van der Waals surface area contributed by atoms with Gasteiger partial charge >= 0.3 is 0 Å². The molecule has 0 saturated carbocycles. The Labute approximate surface area is 165 Å². The number of nitrogens with zero attached hydrogens (tertiary/aromatic N) is 2. The van der Waals surface area contributed by atoms with Gasteiger partial charge in [-0.25, -0.2) is 4.98 Å². The van der Waals surface area contributed by atoms with Crippen LogP contribution in [0.1, 0.15) is 52.0 Å². The Bertz CT molecular complexity index is 950. The highest BCUT2D eigenvalue weighted by Crippen LogP contribution is 2.28. The van der Waals surface area contributed by atoms with Gasteiger partial charge in [-0.15, -0.1) is 11.3 Å². The maximum Gasteiger partial charge on any atom is 0.262 e. The van der Waals surface area contributed by atoms with Crippen molar-refractivity contribution >= 4 is 45.6 Å².